The summed E-state index contributed by atoms with van der Waals surface area (Å²) in [5.74, 6) is 0.142. The van der Waals surface area contributed by atoms with Gasteiger partial charge in [-0.05, 0) is 70.0 Å². The first-order chi connectivity index (χ1) is 15.9. The molecule has 3 aliphatic heterocycles. The SMILES string of the molecule is Nc1cc(O)c(C(=O)NC2CCN(C(C(=O)N3CCCCC3)C3CCNCC3)CC2)cc1Cl. The molecule has 33 heavy (non-hydrogen) atoms. The number of aromatic hydroxyl groups is 1. The molecule has 1 atom stereocenters. The van der Waals surface area contributed by atoms with E-state index in [0.29, 0.717) is 11.8 Å². The van der Waals surface area contributed by atoms with Gasteiger partial charge in [-0.3, -0.25) is 14.5 Å². The lowest BCUT2D eigenvalue weighted by Gasteiger charge is -2.44. The molecule has 3 aliphatic rings. The van der Waals surface area contributed by atoms with Crippen molar-refractivity contribution in [2.24, 2.45) is 5.92 Å². The summed E-state index contributed by atoms with van der Waals surface area (Å²) in [6.07, 6.45) is 6.99. The number of nitrogens with two attached hydrogens (primary N) is 1. The predicted molar refractivity (Wildman–Crippen MR) is 129 cm³/mol. The molecule has 0 aliphatic carbocycles. The van der Waals surface area contributed by atoms with Gasteiger partial charge < -0.3 is 26.4 Å². The Bertz CT molecular complexity index is 847. The molecule has 1 unspecified atom stereocenters. The lowest BCUT2D eigenvalue weighted by Crippen LogP contribution is -2.58. The number of anilines is 1. The van der Waals surface area contributed by atoms with Gasteiger partial charge in [0.2, 0.25) is 5.91 Å². The third kappa shape index (κ3) is 5.73. The van der Waals surface area contributed by atoms with Crippen molar-refractivity contribution in [1.29, 1.82) is 0 Å². The summed E-state index contributed by atoms with van der Waals surface area (Å²) in [6, 6.07) is 2.63. The molecule has 0 radical (unpaired) electrons. The van der Waals surface area contributed by atoms with Gasteiger partial charge in [-0.25, -0.2) is 0 Å². The van der Waals surface area contributed by atoms with Gasteiger partial charge in [0.05, 0.1) is 22.3 Å². The third-order valence-corrected chi connectivity index (χ3v) is 7.70. The molecule has 0 spiro atoms. The fraction of sp³-hybridized carbons (Fsp3) is 0.667. The van der Waals surface area contributed by atoms with Crippen molar-refractivity contribution in [2.45, 2.75) is 57.0 Å². The van der Waals surface area contributed by atoms with E-state index in [1.807, 2.05) is 0 Å². The topological polar surface area (TPSA) is 111 Å². The van der Waals surface area contributed by atoms with E-state index < -0.39 is 0 Å². The maximum atomic E-state index is 13.6. The van der Waals surface area contributed by atoms with E-state index in [1.54, 1.807) is 0 Å². The van der Waals surface area contributed by atoms with E-state index in [0.717, 1.165) is 77.8 Å². The van der Waals surface area contributed by atoms with Gasteiger partial charge in [0.25, 0.3) is 5.91 Å². The molecule has 0 aromatic heterocycles. The van der Waals surface area contributed by atoms with Crippen LogP contribution in [0.15, 0.2) is 12.1 Å². The second-order valence-electron chi connectivity index (χ2n) is 9.59. The van der Waals surface area contributed by atoms with E-state index in [2.05, 4.69) is 20.4 Å². The molecule has 4 rings (SSSR count). The van der Waals surface area contributed by atoms with Crippen LogP contribution < -0.4 is 16.4 Å². The van der Waals surface area contributed by atoms with Crippen LogP contribution in [-0.4, -0.2) is 78.1 Å². The standard InChI is InChI=1S/C24H36ClN5O3/c25-19-14-18(21(31)15-20(19)26)23(32)28-17-6-12-29(13-7-17)22(16-4-8-27-9-5-16)24(33)30-10-2-1-3-11-30/h14-17,22,27,31H,1-13,26H2,(H,28,32). The minimum absolute atomic E-state index is 0.0109. The highest BCUT2D eigenvalue weighted by molar-refractivity contribution is 6.33. The molecule has 1 aromatic rings. The Morgan fingerprint density at radius 2 is 1.73 bits per heavy atom. The Balaban J connectivity index is 1.39. The van der Waals surface area contributed by atoms with E-state index in [-0.39, 0.29) is 40.0 Å². The van der Waals surface area contributed by atoms with Crippen molar-refractivity contribution < 1.29 is 14.7 Å². The van der Waals surface area contributed by atoms with Gasteiger partial charge in [0.1, 0.15) is 5.75 Å². The molecular weight excluding hydrogens is 442 g/mol. The molecular formula is C24H36ClN5O3. The number of hydrogen-bond donors (Lipinski definition) is 4. The van der Waals surface area contributed by atoms with E-state index >= 15 is 0 Å². The number of likely N-dealkylation sites (tertiary alicyclic amines) is 2. The molecule has 3 fully saturated rings. The van der Waals surface area contributed by atoms with Gasteiger partial charge in [0.15, 0.2) is 0 Å². The van der Waals surface area contributed by atoms with E-state index in [4.69, 9.17) is 17.3 Å². The first-order valence-corrected chi connectivity index (χ1v) is 12.6. The number of carbonyl (C=O) groups is 2. The molecule has 2 amide bonds. The number of phenolic OH excluding ortho intramolecular Hbond substituents is 1. The maximum absolute atomic E-state index is 13.6. The normalized spacial score (nSPS) is 22.2. The number of nitrogen functional groups attached to an aromatic ring is 1. The Hall–Kier alpha value is -2.03. The van der Waals surface area contributed by atoms with Crippen LogP contribution in [0.25, 0.3) is 0 Å². The van der Waals surface area contributed by atoms with Crippen molar-refractivity contribution in [1.82, 2.24) is 20.4 Å². The average Bonchev–Trinajstić information content (AvgIpc) is 2.84. The lowest BCUT2D eigenvalue weighted by atomic mass is 9.86. The highest BCUT2D eigenvalue weighted by Crippen LogP contribution is 2.29. The number of phenols is 1. The van der Waals surface area contributed by atoms with Crippen LogP contribution in [0.1, 0.15) is 55.3 Å². The molecule has 1 aromatic carbocycles. The van der Waals surface area contributed by atoms with Gasteiger partial charge in [-0.1, -0.05) is 11.6 Å². The number of piperidine rings is 3. The number of hydrogen-bond acceptors (Lipinski definition) is 6. The Labute approximate surface area is 200 Å². The van der Waals surface area contributed by atoms with Crippen LogP contribution >= 0.6 is 11.6 Å². The van der Waals surface area contributed by atoms with Crippen LogP contribution in [0.5, 0.6) is 5.75 Å². The monoisotopic (exact) mass is 477 g/mol. The molecule has 9 heteroatoms. The van der Waals surface area contributed by atoms with Crippen molar-refractivity contribution >= 4 is 29.1 Å². The zero-order valence-electron chi connectivity index (χ0n) is 19.2. The van der Waals surface area contributed by atoms with Crippen LogP contribution in [-0.2, 0) is 4.79 Å². The van der Waals surface area contributed by atoms with Crippen molar-refractivity contribution in [3.63, 3.8) is 0 Å². The first kappa shape index (κ1) is 24.1. The minimum Gasteiger partial charge on any atom is -0.507 e. The van der Waals surface area contributed by atoms with Crippen LogP contribution in [0.4, 0.5) is 5.69 Å². The van der Waals surface area contributed by atoms with Crippen LogP contribution in [0, 0.1) is 5.92 Å². The molecule has 0 saturated carbocycles. The molecule has 182 valence electrons. The van der Waals surface area contributed by atoms with Crippen LogP contribution in [0.2, 0.25) is 5.02 Å². The zero-order valence-corrected chi connectivity index (χ0v) is 19.9. The Morgan fingerprint density at radius 1 is 1.06 bits per heavy atom. The predicted octanol–water partition coefficient (Wildman–Crippen LogP) is 2.20. The molecule has 0 bridgehead atoms. The molecule has 3 heterocycles. The summed E-state index contributed by atoms with van der Waals surface area (Å²) >= 11 is 6.03. The smallest absolute Gasteiger partial charge is 0.255 e. The van der Waals surface area contributed by atoms with Gasteiger partial charge in [-0.15, -0.1) is 0 Å². The average molecular weight is 478 g/mol. The molecule has 3 saturated heterocycles. The summed E-state index contributed by atoms with van der Waals surface area (Å²) in [5.41, 5.74) is 6.06. The largest absolute Gasteiger partial charge is 0.507 e. The van der Waals surface area contributed by atoms with E-state index in [9.17, 15) is 14.7 Å². The first-order valence-electron chi connectivity index (χ1n) is 12.3. The summed E-state index contributed by atoms with van der Waals surface area (Å²) in [6.45, 7) is 5.23. The number of nitrogens with zero attached hydrogens (tertiary/aromatic N) is 2. The van der Waals surface area contributed by atoms with Crippen molar-refractivity contribution in [3.05, 3.63) is 22.7 Å². The second-order valence-corrected chi connectivity index (χ2v) is 10.00. The second kappa shape index (κ2) is 10.9. The summed E-state index contributed by atoms with van der Waals surface area (Å²) in [7, 11) is 0. The highest BCUT2D eigenvalue weighted by Gasteiger charge is 2.38. The maximum Gasteiger partial charge on any atom is 0.255 e. The van der Waals surface area contributed by atoms with Gasteiger partial charge >= 0.3 is 0 Å². The number of nitrogens with one attached hydrogen (secondary N) is 2. The van der Waals surface area contributed by atoms with Crippen molar-refractivity contribution in [2.75, 3.05) is 45.0 Å². The van der Waals surface area contributed by atoms with E-state index in [1.165, 1.54) is 18.6 Å². The highest BCUT2D eigenvalue weighted by atomic mass is 35.5. The van der Waals surface area contributed by atoms with Gasteiger partial charge in [-0.2, -0.15) is 0 Å². The number of amides is 2. The van der Waals surface area contributed by atoms with Crippen LogP contribution in [0.3, 0.4) is 0 Å². The molecule has 8 nitrogen and oxygen atoms in total. The number of rotatable bonds is 5. The fourth-order valence-electron chi connectivity index (χ4n) is 5.46. The molecule has 5 N–H and O–H groups in total. The Morgan fingerprint density at radius 3 is 2.39 bits per heavy atom. The minimum atomic E-state index is -0.354. The number of carbonyl (C=O) groups excluding carboxylic acids is 2. The third-order valence-electron chi connectivity index (χ3n) is 7.37. The number of benzene rings is 1. The summed E-state index contributed by atoms with van der Waals surface area (Å²) in [4.78, 5) is 30.7. The lowest BCUT2D eigenvalue weighted by molar-refractivity contribution is -0.141. The summed E-state index contributed by atoms with van der Waals surface area (Å²) < 4.78 is 0. The van der Waals surface area contributed by atoms with Crippen molar-refractivity contribution in [3.8, 4) is 5.75 Å². The van der Waals surface area contributed by atoms with Gasteiger partial charge in [0, 0.05) is 38.3 Å². The summed E-state index contributed by atoms with van der Waals surface area (Å²) in [5, 5.41) is 16.8. The zero-order chi connectivity index (χ0) is 23.4. The quantitative estimate of drug-likeness (QED) is 0.484. The number of halogens is 1. The Kier molecular flexibility index (Phi) is 7.98. The fourth-order valence-corrected chi connectivity index (χ4v) is 5.63.